The van der Waals surface area contributed by atoms with Crippen LogP contribution in [0.4, 0.5) is 0 Å². The van der Waals surface area contributed by atoms with Crippen LogP contribution < -0.4 is 5.46 Å². The quantitative estimate of drug-likeness (QED) is 0.683. The summed E-state index contributed by atoms with van der Waals surface area (Å²) in [4.78, 5) is 14.8. The molecule has 2 heterocycles. The van der Waals surface area contributed by atoms with Gasteiger partial charge in [0.25, 0.3) is 0 Å². The van der Waals surface area contributed by atoms with E-state index in [1.165, 1.54) is 7.11 Å². The number of hydrogen-bond acceptors (Lipinski definition) is 4. The number of aromatic nitrogens is 1. The van der Waals surface area contributed by atoms with Gasteiger partial charge >= 0.3 is 13.1 Å². The average Bonchev–Trinajstić information content (AvgIpc) is 2.96. The molecule has 0 saturated carbocycles. The number of nitrogens with one attached hydrogen (secondary N) is 1. The molecule has 6 heteroatoms. The van der Waals surface area contributed by atoms with Crippen LogP contribution in [0.1, 0.15) is 38.2 Å². The van der Waals surface area contributed by atoms with Gasteiger partial charge in [0, 0.05) is 11.0 Å². The molecule has 1 aliphatic rings. The SMILES string of the molecule is COC(=O)c1cc2cccc(B3OC(C)(C)C(C)(C)O3)c2[nH]1. The van der Waals surface area contributed by atoms with Gasteiger partial charge in [0.2, 0.25) is 0 Å². The van der Waals surface area contributed by atoms with Crippen molar-refractivity contribution in [2.45, 2.75) is 38.9 Å². The van der Waals surface area contributed by atoms with Crippen molar-refractivity contribution >= 4 is 29.5 Å². The summed E-state index contributed by atoms with van der Waals surface area (Å²) in [5.41, 5.74) is 1.32. The number of ether oxygens (including phenoxy) is 1. The Kier molecular flexibility index (Phi) is 3.34. The van der Waals surface area contributed by atoms with Crippen molar-refractivity contribution in [3.8, 4) is 0 Å². The van der Waals surface area contributed by atoms with E-state index in [0.717, 1.165) is 16.4 Å². The van der Waals surface area contributed by atoms with E-state index in [0.29, 0.717) is 5.69 Å². The van der Waals surface area contributed by atoms with Crippen LogP contribution >= 0.6 is 0 Å². The van der Waals surface area contributed by atoms with Gasteiger partial charge in [-0.1, -0.05) is 18.2 Å². The minimum absolute atomic E-state index is 0.393. The van der Waals surface area contributed by atoms with Gasteiger partial charge in [-0.05, 0) is 39.1 Å². The van der Waals surface area contributed by atoms with E-state index in [1.54, 1.807) is 6.07 Å². The Labute approximate surface area is 130 Å². The van der Waals surface area contributed by atoms with Crippen LogP contribution in [0, 0.1) is 0 Å². The van der Waals surface area contributed by atoms with E-state index in [2.05, 4.69) is 4.98 Å². The number of aromatic amines is 1. The van der Waals surface area contributed by atoms with Crippen molar-refractivity contribution in [2.24, 2.45) is 0 Å². The fourth-order valence-corrected chi connectivity index (χ4v) is 2.57. The first-order chi connectivity index (χ1) is 10.2. The lowest BCUT2D eigenvalue weighted by molar-refractivity contribution is 0.00578. The molecule has 1 saturated heterocycles. The number of carbonyl (C=O) groups is 1. The summed E-state index contributed by atoms with van der Waals surface area (Å²) in [6.07, 6.45) is 0. The molecule has 0 bridgehead atoms. The third-order valence-electron chi connectivity index (χ3n) is 4.60. The van der Waals surface area contributed by atoms with Crippen LogP contribution in [0.5, 0.6) is 0 Å². The largest absolute Gasteiger partial charge is 0.497 e. The number of para-hydroxylation sites is 1. The van der Waals surface area contributed by atoms with Crippen molar-refractivity contribution in [3.05, 3.63) is 30.0 Å². The van der Waals surface area contributed by atoms with Gasteiger partial charge in [0.15, 0.2) is 0 Å². The number of rotatable bonds is 2. The minimum Gasteiger partial charge on any atom is -0.464 e. The standard InChI is InChI=1S/C16H20BNO4/c1-15(2)16(3,4)22-17(21-15)11-8-6-7-10-9-12(14(19)20-5)18-13(10)11/h6-9,18H,1-5H3. The Morgan fingerprint density at radius 1 is 1.18 bits per heavy atom. The molecule has 0 unspecified atom stereocenters. The van der Waals surface area contributed by atoms with Gasteiger partial charge in [0.1, 0.15) is 5.69 Å². The van der Waals surface area contributed by atoms with Crippen molar-refractivity contribution in [3.63, 3.8) is 0 Å². The first kappa shape index (κ1) is 15.1. The highest BCUT2D eigenvalue weighted by atomic mass is 16.7. The summed E-state index contributed by atoms with van der Waals surface area (Å²) in [6, 6.07) is 7.59. The lowest BCUT2D eigenvalue weighted by Gasteiger charge is -2.32. The Morgan fingerprint density at radius 3 is 2.41 bits per heavy atom. The first-order valence-electron chi connectivity index (χ1n) is 7.31. The highest BCUT2D eigenvalue weighted by Gasteiger charge is 2.52. The molecule has 0 aliphatic carbocycles. The Balaban J connectivity index is 2.05. The van der Waals surface area contributed by atoms with Crippen LogP contribution in [0.25, 0.3) is 10.9 Å². The smallest absolute Gasteiger partial charge is 0.464 e. The van der Waals surface area contributed by atoms with E-state index in [4.69, 9.17) is 14.0 Å². The van der Waals surface area contributed by atoms with Gasteiger partial charge in [-0.3, -0.25) is 0 Å². The normalized spacial score (nSPS) is 19.6. The van der Waals surface area contributed by atoms with E-state index in [-0.39, 0.29) is 0 Å². The molecule has 22 heavy (non-hydrogen) atoms. The molecule has 0 spiro atoms. The van der Waals surface area contributed by atoms with Crippen molar-refractivity contribution in [1.82, 2.24) is 4.98 Å². The summed E-state index contributed by atoms with van der Waals surface area (Å²) < 4.78 is 17.0. The maximum atomic E-state index is 11.7. The molecule has 3 rings (SSSR count). The fourth-order valence-electron chi connectivity index (χ4n) is 2.57. The number of esters is 1. The summed E-state index contributed by atoms with van der Waals surface area (Å²) in [6.45, 7) is 8.06. The average molecular weight is 301 g/mol. The van der Waals surface area contributed by atoms with Gasteiger partial charge in [-0.2, -0.15) is 0 Å². The first-order valence-corrected chi connectivity index (χ1v) is 7.31. The molecule has 1 aromatic carbocycles. The number of H-pyrrole nitrogens is 1. The zero-order valence-electron chi connectivity index (χ0n) is 13.5. The van der Waals surface area contributed by atoms with Crippen LogP contribution in [-0.4, -0.2) is 36.4 Å². The Morgan fingerprint density at radius 2 is 1.82 bits per heavy atom. The number of carbonyl (C=O) groups excluding carboxylic acids is 1. The van der Waals surface area contributed by atoms with E-state index < -0.39 is 24.3 Å². The molecule has 2 aromatic rings. The van der Waals surface area contributed by atoms with E-state index in [9.17, 15) is 4.79 Å². The van der Waals surface area contributed by atoms with E-state index in [1.807, 2.05) is 45.9 Å². The lowest BCUT2D eigenvalue weighted by Crippen LogP contribution is -2.41. The zero-order chi connectivity index (χ0) is 16.1. The Hall–Kier alpha value is -1.79. The number of fused-ring (bicyclic) bond motifs is 1. The minimum atomic E-state index is -0.474. The maximum Gasteiger partial charge on any atom is 0.497 e. The predicted octanol–water partition coefficient (Wildman–Crippen LogP) is 2.25. The second-order valence-electron chi connectivity index (χ2n) is 6.57. The second-order valence-corrected chi connectivity index (χ2v) is 6.57. The summed E-state index contributed by atoms with van der Waals surface area (Å²) in [7, 11) is 0.890. The Bertz CT molecular complexity index is 719. The lowest BCUT2D eigenvalue weighted by atomic mass is 9.78. The molecule has 0 radical (unpaired) electrons. The van der Waals surface area contributed by atoms with Crippen molar-refractivity contribution < 1.29 is 18.8 Å². The monoisotopic (exact) mass is 301 g/mol. The van der Waals surface area contributed by atoms with Crippen LogP contribution in [0.15, 0.2) is 24.3 Å². The highest BCUT2D eigenvalue weighted by molar-refractivity contribution is 6.65. The molecular weight excluding hydrogens is 281 g/mol. The number of methoxy groups -OCH3 is 1. The summed E-state index contributed by atoms with van der Waals surface area (Å²) >= 11 is 0. The molecule has 1 N–H and O–H groups in total. The van der Waals surface area contributed by atoms with Crippen LogP contribution in [0.2, 0.25) is 0 Å². The number of hydrogen-bond donors (Lipinski definition) is 1. The molecule has 1 aliphatic heterocycles. The second kappa shape index (κ2) is 4.86. The third kappa shape index (κ3) is 2.23. The van der Waals surface area contributed by atoms with Gasteiger partial charge in [-0.15, -0.1) is 0 Å². The zero-order valence-corrected chi connectivity index (χ0v) is 13.5. The predicted molar refractivity (Wildman–Crippen MR) is 85.4 cm³/mol. The fraction of sp³-hybridized carbons (Fsp3) is 0.438. The van der Waals surface area contributed by atoms with Gasteiger partial charge in [0.05, 0.1) is 18.3 Å². The molecule has 116 valence electrons. The molecule has 1 aromatic heterocycles. The highest BCUT2D eigenvalue weighted by Crippen LogP contribution is 2.37. The topological polar surface area (TPSA) is 60.6 Å². The number of benzene rings is 1. The summed E-state index contributed by atoms with van der Waals surface area (Å²) in [5, 5.41) is 0.924. The van der Waals surface area contributed by atoms with Gasteiger partial charge < -0.3 is 19.0 Å². The summed E-state index contributed by atoms with van der Waals surface area (Å²) in [5.74, 6) is -0.393. The maximum absolute atomic E-state index is 11.7. The van der Waals surface area contributed by atoms with Crippen LogP contribution in [-0.2, 0) is 14.0 Å². The van der Waals surface area contributed by atoms with Crippen molar-refractivity contribution in [2.75, 3.05) is 7.11 Å². The molecule has 0 amide bonds. The van der Waals surface area contributed by atoms with Crippen LogP contribution in [0.3, 0.4) is 0 Å². The molecule has 5 nitrogen and oxygen atoms in total. The molecule has 1 fully saturated rings. The molecule has 0 atom stereocenters. The third-order valence-corrected chi connectivity index (χ3v) is 4.60. The van der Waals surface area contributed by atoms with E-state index >= 15 is 0 Å². The van der Waals surface area contributed by atoms with Crippen molar-refractivity contribution in [1.29, 1.82) is 0 Å². The van der Waals surface area contributed by atoms with Gasteiger partial charge in [-0.25, -0.2) is 4.79 Å². The molecular formula is C16H20BNO4.